The van der Waals surface area contributed by atoms with Gasteiger partial charge in [0.1, 0.15) is 0 Å². The molecule has 0 aromatic carbocycles. The topological polar surface area (TPSA) is 33.1 Å². The van der Waals surface area contributed by atoms with E-state index in [1.54, 1.807) is 11.3 Å². The molecule has 1 heterocycles. The first-order valence-corrected chi connectivity index (χ1v) is 6.86. The van der Waals surface area contributed by atoms with Gasteiger partial charge in [-0.05, 0) is 12.8 Å². The molecule has 0 fully saturated rings. The van der Waals surface area contributed by atoms with Gasteiger partial charge in [-0.25, -0.2) is 4.98 Å². The molecular formula is C13H23NOS. The largest absolute Gasteiger partial charge is 0.389 e. The monoisotopic (exact) mass is 241 g/mol. The zero-order chi connectivity index (χ0) is 12.4. The molecule has 0 spiro atoms. The molecule has 92 valence electrons. The summed E-state index contributed by atoms with van der Waals surface area (Å²) in [6.45, 7) is 10.6. The Hall–Kier alpha value is -0.410. The minimum Gasteiger partial charge on any atom is -0.389 e. The second-order valence-corrected chi connectivity index (χ2v) is 6.43. The first-order valence-electron chi connectivity index (χ1n) is 5.98. The van der Waals surface area contributed by atoms with Crippen molar-refractivity contribution in [3.05, 3.63) is 16.1 Å². The fourth-order valence-electron chi connectivity index (χ4n) is 1.52. The molecule has 0 aliphatic heterocycles. The van der Waals surface area contributed by atoms with Crippen LogP contribution in [0.4, 0.5) is 0 Å². The number of nitrogens with zero attached hydrogens (tertiary/aromatic N) is 1. The molecule has 0 bridgehead atoms. The van der Waals surface area contributed by atoms with Crippen molar-refractivity contribution in [3.8, 4) is 0 Å². The molecule has 2 nitrogen and oxygen atoms in total. The number of hydrogen-bond acceptors (Lipinski definition) is 3. The minimum absolute atomic E-state index is 0.102. The van der Waals surface area contributed by atoms with Crippen LogP contribution in [0, 0.1) is 0 Å². The lowest BCUT2D eigenvalue weighted by Gasteiger charge is -2.23. The quantitative estimate of drug-likeness (QED) is 0.874. The van der Waals surface area contributed by atoms with E-state index < -0.39 is 5.60 Å². The van der Waals surface area contributed by atoms with Crippen LogP contribution in [0.25, 0.3) is 0 Å². The second kappa shape index (κ2) is 4.84. The fraction of sp³-hybridized carbons (Fsp3) is 0.769. The van der Waals surface area contributed by atoms with Gasteiger partial charge in [0.2, 0.25) is 0 Å². The van der Waals surface area contributed by atoms with Crippen LogP contribution in [0.1, 0.15) is 58.2 Å². The van der Waals surface area contributed by atoms with Gasteiger partial charge in [0.25, 0.3) is 0 Å². The summed E-state index contributed by atoms with van der Waals surface area (Å²) in [4.78, 5) is 4.62. The summed E-state index contributed by atoms with van der Waals surface area (Å²) >= 11 is 1.66. The highest BCUT2D eigenvalue weighted by Gasteiger charge is 2.25. The van der Waals surface area contributed by atoms with Crippen molar-refractivity contribution in [1.82, 2.24) is 4.98 Å². The Balaban J connectivity index is 2.80. The zero-order valence-corrected chi connectivity index (χ0v) is 11.8. The molecular weight excluding hydrogens is 218 g/mol. The first kappa shape index (κ1) is 13.7. The maximum Gasteiger partial charge on any atom is 0.0957 e. The van der Waals surface area contributed by atoms with E-state index in [4.69, 9.17) is 0 Å². The molecule has 0 amide bonds. The molecule has 1 rings (SSSR count). The van der Waals surface area contributed by atoms with Crippen molar-refractivity contribution in [2.45, 2.75) is 64.9 Å². The van der Waals surface area contributed by atoms with Crippen molar-refractivity contribution in [1.29, 1.82) is 0 Å². The normalized spacial score (nSPS) is 13.1. The Labute approximate surface area is 103 Å². The predicted octanol–water partition coefficient (Wildman–Crippen LogP) is 3.53. The van der Waals surface area contributed by atoms with Gasteiger partial charge in [-0.15, -0.1) is 11.3 Å². The molecule has 0 aliphatic carbocycles. The molecule has 0 saturated heterocycles. The van der Waals surface area contributed by atoms with E-state index in [1.165, 1.54) is 0 Å². The number of rotatable bonds is 4. The Morgan fingerprint density at radius 1 is 1.25 bits per heavy atom. The lowest BCUT2D eigenvalue weighted by Crippen LogP contribution is -2.29. The van der Waals surface area contributed by atoms with Gasteiger partial charge in [-0.2, -0.15) is 0 Å². The lowest BCUT2D eigenvalue weighted by molar-refractivity contribution is 0.0325. The Bertz CT molecular complexity index is 334. The highest BCUT2D eigenvalue weighted by molar-refractivity contribution is 7.09. The maximum absolute atomic E-state index is 10.3. The van der Waals surface area contributed by atoms with Crippen molar-refractivity contribution in [2.75, 3.05) is 0 Å². The second-order valence-electron chi connectivity index (χ2n) is 5.48. The molecule has 0 unspecified atom stereocenters. The average Bonchev–Trinajstić information content (AvgIpc) is 2.65. The minimum atomic E-state index is -0.576. The van der Waals surface area contributed by atoms with E-state index >= 15 is 0 Å². The smallest absolute Gasteiger partial charge is 0.0957 e. The molecule has 0 aliphatic rings. The van der Waals surface area contributed by atoms with E-state index in [-0.39, 0.29) is 5.41 Å². The Morgan fingerprint density at radius 2 is 1.81 bits per heavy atom. The van der Waals surface area contributed by atoms with E-state index in [1.807, 2.05) is 13.8 Å². The van der Waals surface area contributed by atoms with Gasteiger partial charge in [0.15, 0.2) is 0 Å². The standard InChI is InChI=1S/C13H23NOS/c1-6-13(15,7-2)8-11-14-10(9-16-11)12(3,4)5/h9,15H,6-8H2,1-5H3. The molecule has 1 aromatic rings. The van der Waals surface area contributed by atoms with Crippen LogP contribution in [0.2, 0.25) is 0 Å². The Morgan fingerprint density at radius 3 is 2.19 bits per heavy atom. The Kier molecular flexibility index (Phi) is 4.13. The van der Waals surface area contributed by atoms with Gasteiger partial charge in [-0.1, -0.05) is 34.6 Å². The van der Waals surface area contributed by atoms with Crippen LogP contribution in [0.15, 0.2) is 5.38 Å². The number of aromatic nitrogens is 1. The average molecular weight is 241 g/mol. The van der Waals surface area contributed by atoms with E-state index in [0.717, 1.165) is 23.5 Å². The van der Waals surface area contributed by atoms with Crippen LogP contribution < -0.4 is 0 Å². The molecule has 3 heteroatoms. The molecule has 0 radical (unpaired) electrons. The summed E-state index contributed by atoms with van der Waals surface area (Å²) < 4.78 is 0. The van der Waals surface area contributed by atoms with Crippen LogP contribution >= 0.6 is 11.3 Å². The van der Waals surface area contributed by atoms with E-state index in [0.29, 0.717) is 6.42 Å². The summed E-state index contributed by atoms with van der Waals surface area (Å²) in [6.07, 6.45) is 2.25. The highest BCUT2D eigenvalue weighted by Crippen LogP contribution is 2.27. The highest BCUT2D eigenvalue weighted by atomic mass is 32.1. The maximum atomic E-state index is 10.3. The van der Waals surface area contributed by atoms with Crippen molar-refractivity contribution < 1.29 is 5.11 Å². The predicted molar refractivity (Wildman–Crippen MR) is 70.0 cm³/mol. The third kappa shape index (κ3) is 3.29. The van der Waals surface area contributed by atoms with Gasteiger partial charge >= 0.3 is 0 Å². The van der Waals surface area contributed by atoms with Crippen molar-refractivity contribution in [2.24, 2.45) is 0 Å². The van der Waals surface area contributed by atoms with Gasteiger partial charge in [-0.3, -0.25) is 0 Å². The molecule has 16 heavy (non-hydrogen) atoms. The summed E-state index contributed by atoms with van der Waals surface area (Å²) in [5, 5.41) is 13.4. The van der Waals surface area contributed by atoms with E-state index in [2.05, 4.69) is 31.1 Å². The van der Waals surface area contributed by atoms with Crippen LogP contribution in [0.3, 0.4) is 0 Å². The van der Waals surface area contributed by atoms with E-state index in [9.17, 15) is 5.11 Å². The van der Waals surface area contributed by atoms with Crippen molar-refractivity contribution >= 4 is 11.3 Å². The van der Waals surface area contributed by atoms with Crippen LogP contribution in [-0.2, 0) is 11.8 Å². The molecule has 1 aromatic heterocycles. The number of aliphatic hydroxyl groups is 1. The fourth-order valence-corrected chi connectivity index (χ4v) is 2.68. The van der Waals surface area contributed by atoms with Gasteiger partial charge in [0.05, 0.1) is 16.3 Å². The molecule has 1 N–H and O–H groups in total. The van der Waals surface area contributed by atoms with Gasteiger partial charge < -0.3 is 5.11 Å². The third-order valence-corrected chi connectivity index (χ3v) is 3.97. The lowest BCUT2D eigenvalue weighted by atomic mass is 9.92. The SMILES string of the molecule is CCC(O)(CC)Cc1nc(C(C)(C)C)cs1. The van der Waals surface area contributed by atoms with Crippen molar-refractivity contribution in [3.63, 3.8) is 0 Å². The molecule has 0 atom stereocenters. The van der Waals surface area contributed by atoms with Crippen LogP contribution in [-0.4, -0.2) is 15.7 Å². The number of hydrogen-bond donors (Lipinski definition) is 1. The number of thiazole rings is 1. The summed E-state index contributed by atoms with van der Waals surface area (Å²) in [5.41, 5.74) is 0.653. The van der Waals surface area contributed by atoms with Gasteiger partial charge in [0, 0.05) is 17.2 Å². The first-order chi connectivity index (χ1) is 7.30. The third-order valence-electron chi connectivity index (χ3n) is 3.12. The van der Waals surface area contributed by atoms with Crippen LogP contribution in [0.5, 0.6) is 0 Å². The zero-order valence-electron chi connectivity index (χ0n) is 11.0. The molecule has 0 saturated carbocycles. The summed E-state index contributed by atoms with van der Waals surface area (Å²) in [6, 6.07) is 0. The summed E-state index contributed by atoms with van der Waals surface area (Å²) in [7, 11) is 0. The summed E-state index contributed by atoms with van der Waals surface area (Å²) in [5.74, 6) is 0.